The van der Waals surface area contributed by atoms with Crippen molar-refractivity contribution in [1.29, 1.82) is 5.26 Å². The first-order valence-electron chi connectivity index (χ1n) is 9.63. The highest BCUT2D eigenvalue weighted by Crippen LogP contribution is 2.39. The predicted molar refractivity (Wildman–Crippen MR) is 115 cm³/mol. The van der Waals surface area contributed by atoms with E-state index in [4.69, 9.17) is 5.73 Å². The van der Waals surface area contributed by atoms with Crippen molar-refractivity contribution in [3.63, 3.8) is 0 Å². The largest absolute Gasteiger partial charge is 0.382 e. The number of aromatic nitrogens is 4. The zero-order chi connectivity index (χ0) is 23.5. The number of nitriles is 1. The van der Waals surface area contributed by atoms with Crippen LogP contribution in [0.5, 0.6) is 0 Å². The van der Waals surface area contributed by atoms with Gasteiger partial charge in [0.05, 0.1) is 22.5 Å². The third-order valence-corrected chi connectivity index (χ3v) is 6.61. The van der Waals surface area contributed by atoms with Crippen LogP contribution in [0.15, 0.2) is 41.6 Å². The third-order valence-electron chi connectivity index (χ3n) is 5.48. The van der Waals surface area contributed by atoms with Crippen LogP contribution in [0.1, 0.15) is 28.6 Å². The van der Waals surface area contributed by atoms with Crippen LogP contribution in [0.4, 0.5) is 20.4 Å². The number of hydrogen-bond donors (Lipinski definition) is 2. The number of nitrogens with two attached hydrogens (primary N) is 1. The van der Waals surface area contributed by atoms with Crippen LogP contribution in [0.3, 0.4) is 0 Å². The van der Waals surface area contributed by atoms with Gasteiger partial charge in [0, 0.05) is 17.9 Å². The van der Waals surface area contributed by atoms with Gasteiger partial charge in [0.2, 0.25) is 0 Å². The molecule has 5 rings (SSSR count). The van der Waals surface area contributed by atoms with Gasteiger partial charge in [-0.3, -0.25) is 0 Å². The molecule has 166 valence electrons. The van der Waals surface area contributed by atoms with E-state index in [0.29, 0.717) is 16.6 Å². The Morgan fingerprint density at radius 1 is 1.27 bits per heavy atom. The molecule has 1 aliphatic rings. The summed E-state index contributed by atoms with van der Waals surface area (Å²) in [6.07, 6.45) is 2.23. The molecule has 3 heterocycles. The minimum atomic E-state index is -3.63. The molecule has 9 nitrogen and oxygen atoms in total. The molecule has 0 saturated carbocycles. The topological polar surface area (TPSA) is 140 Å². The first-order chi connectivity index (χ1) is 15.7. The predicted octanol–water partition coefficient (Wildman–Crippen LogP) is 2.53. The van der Waals surface area contributed by atoms with Crippen LogP contribution in [0, 0.1) is 23.0 Å². The van der Waals surface area contributed by atoms with E-state index in [9.17, 15) is 18.1 Å². The normalized spacial score (nSPS) is 15.0. The van der Waals surface area contributed by atoms with Crippen LogP contribution >= 0.6 is 0 Å². The van der Waals surface area contributed by atoms with Crippen molar-refractivity contribution in [3.8, 4) is 6.07 Å². The Morgan fingerprint density at radius 2 is 2.06 bits per heavy atom. The number of nitrogens with one attached hydrogen (secondary N) is 1. The number of para-hydroxylation sites is 1. The number of nitrogens with zero attached hydrogens (tertiary/aromatic N) is 5. The molecule has 2 aromatic carbocycles. The zero-order valence-corrected chi connectivity index (χ0v) is 17.9. The molecule has 1 aliphatic heterocycles. The number of rotatable bonds is 3. The highest BCUT2D eigenvalue weighted by molar-refractivity contribution is 7.91. The molecule has 0 fully saturated rings. The van der Waals surface area contributed by atoms with E-state index >= 15 is 4.39 Å². The van der Waals surface area contributed by atoms with E-state index in [1.807, 2.05) is 6.07 Å². The molecule has 33 heavy (non-hydrogen) atoms. The quantitative estimate of drug-likeness (QED) is 0.469. The summed E-state index contributed by atoms with van der Waals surface area (Å²) in [7, 11) is -3.63. The summed E-state index contributed by atoms with van der Waals surface area (Å²) in [6, 6.07) is 7.48. The Hall–Kier alpha value is -4.11. The second-order valence-electron chi connectivity index (χ2n) is 7.58. The van der Waals surface area contributed by atoms with Gasteiger partial charge in [0.25, 0.3) is 0 Å². The summed E-state index contributed by atoms with van der Waals surface area (Å²) < 4.78 is 55.6. The van der Waals surface area contributed by atoms with Gasteiger partial charge in [-0.2, -0.15) is 5.26 Å². The summed E-state index contributed by atoms with van der Waals surface area (Å²) in [4.78, 5) is 12.4. The smallest absolute Gasteiger partial charge is 0.177 e. The summed E-state index contributed by atoms with van der Waals surface area (Å²) >= 11 is 0. The second kappa shape index (κ2) is 7.21. The SMILES string of the molecule is CS(=O)(=O)c1cccc2nc3n(c12)Cc1cc(F)cc(F)c1C3Nc1ncnc(N)c1C#N. The van der Waals surface area contributed by atoms with E-state index in [1.165, 1.54) is 12.1 Å². The molecule has 0 amide bonds. The fraction of sp³-hybridized carbons (Fsp3) is 0.143. The molecule has 1 unspecified atom stereocenters. The van der Waals surface area contributed by atoms with Gasteiger partial charge in [-0.15, -0.1) is 0 Å². The van der Waals surface area contributed by atoms with Gasteiger partial charge in [-0.25, -0.2) is 32.2 Å². The lowest BCUT2D eigenvalue weighted by molar-refractivity contribution is 0.541. The molecule has 0 spiro atoms. The van der Waals surface area contributed by atoms with E-state index in [0.717, 1.165) is 18.6 Å². The maximum absolute atomic E-state index is 15.0. The van der Waals surface area contributed by atoms with Gasteiger partial charge < -0.3 is 15.6 Å². The highest BCUT2D eigenvalue weighted by Gasteiger charge is 2.34. The van der Waals surface area contributed by atoms with Crippen LogP contribution in [-0.4, -0.2) is 34.2 Å². The molecule has 1 atom stereocenters. The summed E-state index contributed by atoms with van der Waals surface area (Å²) in [6.45, 7) is -0.00240. The van der Waals surface area contributed by atoms with Gasteiger partial charge in [-0.1, -0.05) is 6.07 Å². The van der Waals surface area contributed by atoms with Gasteiger partial charge in [0.1, 0.15) is 53.1 Å². The Bertz CT molecular complexity index is 1610. The lowest BCUT2D eigenvalue weighted by Gasteiger charge is -2.29. The average Bonchev–Trinajstić information content (AvgIpc) is 3.11. The highest BCUT2D eigenvalue weighted by atomic mass is 32.2. The van der Waals surface area contributed by atoms with Crippen molar-refractivity contribution in [3.05, 3.63) is 70.8 Å². The van der Waals surface area contributed by atoms with Crippen molar-refractivity contribution < 1.29 is 17.2 Å². The fourth-order valence-electron chi connectivity index (χ4n) is 4.13. The fourth-order valence-corrected chi connectivity index (χ4v) is 5.03. The van der Waals surface area contributed by atoms with Crippen LogP contribution < -0.4 is 11.1 Å². The monoisotopic (exact) mass is 467 g/mol. The number of nitrogen functional groups attached to an aromatic ring is 1. The molecule has 3 N–H and O–H groups in total. The number of imidazole rings is 1. The lowest BCUT2D eigenvalue weighted by atomic mass is 9.95. The standard InChI is InChI=1S/C21H15F2N7O2S/c1-33(31,32)15-4-2-3-14-18(15)30-8-10-5-11(22)6-13(23)16(10)17(21(30)28-14)29-20-12(7-24)19(25)26-9-27-20/h2-6,9,17H,8H2,1H3,(H3,25,26,27,29). The van der Waals surface area contributed by atoms with Crippen molar-refractivity contribution in [1.82, 2.24) is 19.5 Å². The number of hydrogen-bond acceptors (Lipinski definition) is 8. The van der Waals surface area contributed by atoms with E-state index < -0.39 is 27.5 Å². The molecule has 2 aromatic heterocycles. The van der Waals surface area contributed by atoms with Crippen LogP contribution in [0.2, 0.25) is 0 Å². The summed E-state index contributed by atoms with van der Waals surface area (Å²) in [5.41, 5.74) is 6.83. The number of sulfone groups is 1. The molecule has 0 saturated heterocycles. The van der Waals surface area contributed by atoms with Crippen LogP contribution in [0.25, 0.3) is 11.0 Å². The molecule has 0 aliphatic carbocycles. The van der Waals surface area contributed by atoms with Crippen molar-refractivity contribution in [2.45, 2.75) is 17.5 Å². The molecular formula is C21H15F2N7O2S. The second-order valence-corrected chi connectivity index (χ2v) is 9.57. The van der Waals surface area contributed by atoms with Crippen molar-refractivity contribution >= 4 is 32.5 Å². The molecule has 0 bridgehead atoms. The van der Waals surface area contributed by atoms with E-state index in [1.54, 1.807) is 16.7 Å². The number of fused-ring (bicyclic) bond motifs is 4. The van der Waals surface area contributed by atoms with Gasteiger partial charge in [0.15, 0.2) is 9.84 Å². The number of halogens is 2. The van der Waals surface area contributed by atoms with Crippen molar-refractivity contribution in [2.24, 2.45) is 0 Å². The molecular weight excluding hydrogens is 452 g/mol. The maximum Gasteiger partial charge on any atom is 0.177 e. The van der Waals surface area contributed by atoms with Gasteiger partial charge in [-0.05, 0) is 23.8 Å². The summed E-state index contributed by atoms with van der Waals surface area (Å²) in [5.74, 6) is -1.35. The number of benzene rings is 2. The van der Waals surface area contributed by atoms with Crippen LogP contribution in [-0.2, 0) is 16.4 Å². The first-order valence-corrected chi connectivity index (χ1v) is 11.5. The Kier molecular flexibility index (Phi) is 4.54. The molecule has 0 radical (unpaired) electrons. The minimum absolute atomic E-state index is 0.00240. The lowest BCUT2D eigenvalue weighted by Crippen LogP contribution is -2.27. The maximum atomic E-state index is 15.0. The zero-order valence-electron chi connectivity index (χ0n) is 17.0. The van der Waals surface area contributed by atoms with E-state index in [-0.39, 0.29) is 40.0 Å². The summed E-state index contributed by atoms with van der Waals surface area (Å²) in [5, 5.41) is 12.5. The number of anilines is 2. The van der Waals surface area contributed by atoms with Crippen molar-refractivity contribution in [2.75, 3.05) is 17.3 Å². The Labute approximate surface area is 186 Å². The third kappa shape index (κ3) is 3.25. The van der Waals surface area contributed by atoms with Gasteiger partial charge >= 0.3 is 0 Å². The first kappa shape index (κ1) is 20.8. The Morgan fingerprint density at radius 3 is 2.79 bits per heavy atom. The average molecular weight is 467 g/mol. The molecule has 12 heteroatoms. The Balaban J connectivity index is 1.81. The van der Waals surface area contributed by atoms with E-state index in [2.05, 4.69) is 20.3 Å². The minimum Gasteiger partial charge on any atom is -0.382 e. The molecule has 4 aromatic rings.